The molecule has 0 aliphatic heterocycles. The van der Waals surface area contributed by atoms with Gasteiger partial charge in [-0.2, -0.15) is 0 Å². The van der Waals surface area contributed by atoms with Crippen molar-refractivity contribution in [2.24, 2.45) is 0 Å². The Balaban J connectivity index is 2.52. The molecule has 19 heavy (non-hydrogen) atoms. The molecule has 0 heterocycles. The van der Waals surface area contributed by atoms with Crippen LogP contribution < -0.4 is 0 Å². The quantitative estimate of drug-likeness (QED) is 0.567. The summed E-state index contributed by atoms with van der Waals surface area (Å²) in [5.74, 6) is -0.807. The topological polar surface area (TPSA) is 0 Å². The summed E-state index contributed by atoms with van der Waals surface area (Å²) in [4.78, 5) is -0.392. The SMILES string of the molecule is Cc1ccc(Br)c(C(Br)c2cc(F)c(C)cc2F)c1. The first-order chi connectivity index (χ1) is 8.90. The monoisotopic (exact) mass is 388 g/mol. The third kappa shape index (κ3) is 3.06. The molecule has 0 fully saturated rings. The molecular formula is C15H12Br2F2. The van der Waals surface area contributed by atoms with E-state index in [4.69, 9.17) is 0 Å². The van der Waals surface area contributed by atoms with E-state index in [0.29, 0.717) is 11.1 Å². The Hall–Kier alpha value is -0.740. The molecule has 0 radical (unpaired) electrons. The molecule has 0 aromatic heterocycles. The fourth-order valence-electron chi connectivity index (χ4n) is 1.88. The zero-order valence-corrected chi connectivity index (χ0v) is 13.6. The van der Waals surface area contributed by atoms with Crippen LogP contribution in [0.3, 0.4) is 0 Å². The third-order valence-electron chi connectivity index (χ3n) is 2.98. The second-order valence-electron chi connectivity index (χ2n) is 4.51. The van der Waals surface area contributed by atoms with Crippen LogP contribution >= 0.6 is 31.9 Å². The lowest BCUT2D eigenvalue weighted by atomic mass is 10.0. The average Bonchev–Trinajstić information content (AvgIpc) is 2.36. The van der Waals surface area contributed by atoms with E-state index in [2.05, 4.69) is 31.9 Å². The summed E-state index contributed by atoms with van der Waals surface area (Å²) >= 11 is 6.89. The maximum absolute atomic E-state index is 14.0. The van der Waals surface area contributed by atoms with Crippen molar-refractivity contribution in [2.75, 3.05) is 0 Å². The molecule has 0 N–H and O–H groups in total. The van der Waals surface area contributed by atoms with Gasteiger partial charge in [0.1, 0.15) is 11.6 Å². The van der Waals surface area contributed by atoms with Gasteiger partial charge >= 0.3 is 0 Å². The number of halogens is 4. The number of benzene rings is 2. The van der Waals surface area contributed by atoms with Crippen LogP contribution in [-0.4, -0.2) is 0 Å². The summed E-state index contributed by atoms with van der Waals surface area (Å²) in [6, 6.07) is 8.28. The summed E-state index contributed by atoms with van der Waals surface area (Å²) in [6.45, 7) is 3.51. The first kappa shape index (κ1) is 14.7. The molecule has 2 aromatic rings. The van der Waals surface area contributed by atoms with Crippen molar-refractivity contribution >= 4 is 31.9 Å². The van der Waals surface area contributed by atoms with Crippen LogP contribution in [0.1, 0.15) is 27.1 Å². The highest BCUT2D eigenvalue weighted by Crippen LogP contribution is 2.37. The highest BCUT2D eigenvalue weighted by atomic mass is 79.9. The molecule has 2 rings (SSSR count). The molecule has 0 spiro atoms. The Morgan fingerprint density at radius 3 is 2.32 bits per heavy atom. The molecule has 0 saturated heterocycles. The van der Waals surface area contributed by atoms with Gasteiger partial charge in [0, 0.05) is 10.0 Å². The molecule has 1 unspecified atom stereocenters. The highest BCUT2D eigenvalue weighted by Gasteiger charge is 2.19. The van der Waals surface area contributed by atoms with E-state index in [1.54, 1.807) is 6.92 Å². The maximum atomic E-state index is 14.0. The van der Waals surface area contributed by atoms with Gasteiger partial charge in [-0.05, 0) is 43.2 Å². The second kappa shape index (κ2) is 5.71. The minimum Gasteiger partial charge on any atom is -0.207 e. The van der Waals surface area contributed by atoms with E-state index in [9.17, 15) is 8.78 Å². The van der Waals surface area contributed by atoms with Crippen molar-refractivity contribution in [2.45, 2.75) is 18.7 Å². The third-order valence-corrected chi connectivity index (χ3v) is 4.68. The molecule has 0 amide bonds. The van der Waals surface area contributed by atoms with Crippen LogP contribution in [0.5, 0.6) is 0 Å². The smallest absolute Gasteiger partial charge is 0.128 e. The lowest BCUT2D eigenvalue weighted by molar-refractivity contribution is 0.581. The number of aryl methyl sites for hydroxylation is 2. The summed E-state index contributed by atoms with van der Waals surface area (Å²) < 4.78 is 28.5. The summed E-state index contributed by atoms with van der Waals surface area (Å²) in [5, 5.41) is 0. The Kier molecular flexibility index (Phi) is 4.41. The van der Waals surface area contributed by atoms with Crippen molar-refractivity contribution in [3.8, 4) is 0 Å². The predicted octanol–water partition coefficient (Wildman–Crippen LogP) is 5.83. The Morgan fingerprint density at radius 2 is 1.63 bits per heavy atom. The molecule has 0 saturated carbocycles. The maximum Gasteiger partial charge on any atom is 0.128 e. The molecule has 0 aliphatic rings. The van der Waals surface area contributed by atoms with E-state index >= 15 is 0 Å². The Labute approximate surface area is 128 Å². The van der Waals surface area contributed by atoms with Crippen LogP contribution in [0.4, 0.5) is 8.78 Å². The lowest BCUT2D eigenvalue weighted by Crippen LogP contribution is -2.00. The molecule has 4 heteroatoms. The number of rotatable bonds is 2. The number of hydrogen-bond donors (Lipinski definition) is 0. The van der Waals surface area contributed by atoms with Crippen molar-refractivity contribution in [1.82, 2.24) is 0 Å². The summed E-state index contributed by atoms with van der Waals surface area (Å²) in [7, 11) is 0. The first-order valence-electron chi connectivity index (χ1n) is 5.76. The Bertz CT molecular complexity index is 624. The minimum atomic E-state index is -0.408. The van der Waals surface area contributed by atoms with Gasteiger partial charge in [-0.25, -0.2) is 8.78 Å². The molecule has 1 atom stereocenters. The number of alkyl halides is 1. The van der Waals surface area contributed by atoms with Gasteiger partial charge in [0.2, 0.25) is 0 Å². The van der Waals surface area contributed by atoms with Gasteiger partial charge in [-0.1, -0.05) is 49.6 Å². The van der Waals surface area contributed by atoms with Gasteiger partial charge in [-0.15, -0.1) is 0 Å². The molecule has 0 aliphatic carbocycles. The zero-order valence-electron chi connectivity index (χ0n) is 10.5. The standard InChI is InChI=1S/C15H12Br2F2/c1-8-3-4-12(16)10(5-8)15(17)11-7-13(18)9(2)6-14(11)19/h3-7,15H,1-2H3. The van der Waals surface area contributed by atoms with Gasteiger partial charge in [-0.3, -0.25) is 0 Å². The first-order valence-corrected chi connectivity index (χ1v) is 7.46. The van der Waals surface area contributed by atoms with E-state index < -0.39 is 16.5 Å². The van der Waals surface area contributed by atoms with E-state index in [1.807, 2.05) is 25.1 Å². The van der Waals surface area contributed by atoms with Gasteiger partial charge in [0.25, 0.3) is 0 Å². The largest absolute Gasteiger partial charge is 0.207 e. The van der Waals surface area contributed by atoms with Crippen molar-refractivity contribution < 1.29 is 8.78 Å². The van der Waals surface area contributed by atoms with E-state index in [1.165, 1.54) is 12.1 Å². The molecule has 0 nitrogen and oxygen atoms in total. The molecule has 2 aromatic carbocycles. The highest BCUT2D eigenvalue weighted by molar-refractivity contribution is 9.11. The van der Waals surface area contributed by atoms with Crippen LogP contribution in [-0.2, 0) is 0 Å². The van der Waals surface area contributed by atoms with Crippen LogP contribution in [0, 0.1) is 25.5 Å². The van der Waals surface area contributed by atoms with E-state index in [-0.39, 0.29) is 0 Å². The zero-order chi connectivity index (χ0) is 14.2. The average molecular weight is 390 g/mol. The number of hydrogen-bond acceptors (Lipinski definition) is 0. The fraction of sp³-hybridized carbons (Fsp3) is 0.200. The molecular weight excluding hydrogens is 378 g/mol. The summed E-state index contributed by atoms with van der Waals surface area (Å²) in [5.41, 5.74) is 2.55. The molecule has 0 bridgehead atoms. The van der Waals surface area contributed by atoms with Crippen molar-refractivity contribution in [1.29, 1.82) is 0 Å². The van der Waals surface area contributed by atoms with Gasteiger partial charge in [0.05, 0.1) is 4.83 Å². The summed E-state index contributed by atoms with van der Waals surface area (Å²) in [6.07, 6.45) is 0. The van der Waals surface area contributed by atoms with Crippen LogP contribution in [0.2, 0.25) is 0 Å². The molecule has 100 valence electrons. The Morgan fingerprint density at radius 1 is 0.947 bits per heavy atom. The fourth-order valence-corrected chi connectivity index (χ4v) is 3.39. The van der Waals surface area contributed by atoms with Crippen LogP contribution in [0.15, 0.2) is 34.8 Å². The minimum absolute atomic E-state index is 0.300. The van der Waals surface area contributed by atoms with Gasteiger partial charge < -0.3 is 0 Å². The van der Waals surface area contributed by atoms with E-state index in [0.717, 1.165) is 15.6 Å². The van der Waals surface area contributed by atoms with Gasteiger partial charge in [0.15, 0.2) is 0 Å². The normalized spacial score (nSPS) is 12.5. The predicted molar refractivity (Wildman–Crippen MR) is 80.7 cm³/mol. The van der Waals surface area contributed by atoms with Crippen molar-refractivity contribution in [3.05, 3.63) is 68.7 Å². The lowest BCUT2D eigenvalue weighted by Gasteiger charge is -2.15. The van der Waals surface area contributed by atoms with Crippen molar-refractivity contribution in [3.63, 3.8) is 0 Å². The van der Waals surface area contributed by atoms with Crippen LogP contribution in [0.25, 0.3) is 0 Å². The second-order valence-corrected chi connectivity index (χ2v) is 6.28.